The van der Waals surface area contributed by atoms with E-state index in [-0.39, 0.29) is 5.91 Å². The molecule has 1 aliphatic carbocycles. The Hall–Kier alpha value is -1.35. The third-order valence-corrected chi connectivity index (χ3v) is 4.41. The van der Waals surface area contributed by atoms with E-state index in [0.29, 0.717) is 12.6 Å². The fourth-order valence-corrected chi connectivity index (χ4v) is 2.75. The number of amides is 1. The van der Waals surface area contributed by atoms with Crippen LogP contribution in [0.25, 0.3) is 0 Å². The maximum atomic E-state index is 13.0. The summed E-state index contributed by atoms with van der Waals surface area (Å²) in [5.41, 5.74) is 6.24. The molecular weight excluding hydrogens is 248 g/mol. The number of carbonyl (C=O) groups is 1. The van der Waals surface area contributed by atoms with Gasteiger partial charge in [-0.25, -0.2) is 0 Å². The van der Waals surface area contributed by atoms with Gasteiger partial charge in [0.2, 0.25) is 5.91 Å². The standard InChI is InChI=1S/C17H26N2O/c1-17(2,14-8-4-3-5-9-14)16(20)19(13-7-12-18)15-10-6-11-15/h3-5,8-9,15H,6-7,10-13,18H2,1-2H3. The minimum absolute atomic E-state index is 0.238. The summed E-state index contributed by atoms with van der Waals surface area (Å²) in [7, 11) is 0. The highest BCUT2D eigenvalue weighted by molar-refractivity contribution is 5.87. The molecule has 20 heavy (non-hydrogen) atoms. The lowest BCUT2D eigenvalue weighted by atomic mass is 9.81. The second kappa shape index (κ2) is 6.40. The number of carbonyl (C=O) groups excluding carboxylic acids is 1. The lowest BCUT2D eigenvalue weighted by Crippen LogP contribution is -2.51. The number of benzene rings is 1. The highest BCUT2D eigenvalue weighted by Crippen LogP contribution is 2.31. The zero-order valence-electron chi connectivity index (χ0n) is 12.6. The van der Waals surface area contributed by atoms with Crippen molar-refractivity contribution in [2.24, 2.45) is 5.73 Å². The predicted octanol–water partition coefficient (Wildman–Crippen LogP) is 2.69. The molecule has 0 aromatic heterocycles. The average molecular weight is 274 g/mol. The summed E-state index contributed by atoms with van der Waals surface area (Å²) in [6, 6.07) is 10.5. The summed E-state index contributed by atoms with van der Waals surface area (Å²) in [6.45, 7) is 5.48. The molecular formula is C17H26N2O. The molecule has 0 radical (unpaired) electrons. The fraction of sp³-hybridized carbons (Fsp3) is 0.588. The van der Waals surface area contributed by atoms with Crippen molar-refractivity contribution in [2.75, 3.05) is 13.1 Å². The van der Waals surface area contributed by atoms with Crippen LogP contribution in [0.1, 0.15) is 45.1 Å². The molecule has 1 aromatic carbocycles. The van der Waals surface area contributed by atoms with Gasteiger partial charge in [0.25, 0.3) is 0 Å². The molecule has 0 saturated heterocycles. The van der Waals surface area contributed by atoms with Gasteiger partial charge < -0.3 is 10.6 Å². The topological polar surface area (TPSA) is 46.3 Å². The Morgan fingerprint density at radius 3 is 2.45 bits per heavy atom. The largest absolute Gasteiger partial charge is 0.339 e. The van der Waals surface area contributed by atoms with Crippen molar-refractivity contribution in [1.29, 1.82) is 0 Å². The molecule has 0 spiro atoms. The Kier molecular flexibility index (Phi) is 4.81. The monoisotopic (exact) mass is 274 g/mol. The number of hydrogen-bond acceptors (Lipinski definition) is 2. The predicted molar refractivity (Wildman–Crippen MR) is 82.5 cm³/mol. The average Bonchev–Trinajstić information content (AvgIpc) is 2.41. The first-order chi connectivity index (χ1) is 9.57. The van der Waals surface area contributed by atoms with Gasteiger partial charge in [-0.1, -0.05) is 30.3 Å². The number of rotatable bonds is 6. The fourth-order valence-electron chi connectivity index (χ4n) is 2.75. The summed E-state index contributed by atoms with van der Waals surface area (Å²) < 4.78 is 0. The molecule has 1 saturated carbocycles. The molecule has 110 valence electrons. The summed E-state index contributed by atoms with van der Waals surface area (Å²) >= 11 is 0. The molecule has 1 amide bonds. The Labute approximate surface area is 122 Å². The SMILES string of the molecule is CC(C)(C(=O)N(CCCN)C1CCC1)c1ccccc1. The van der Waals surface area contributed by atoms with Crippen molar-refractivity contribution < 1.29 is 4.79 Å². The normalized spacial score (nSPS) is 15.8. The van der Waals surface area contributed by atoms with E-state index in [2.05, 4.69) is 4.90 Å². The van der Waals surface area contributed by atoms with Gasteiger partial charge in [-0.3, -0.25) is 4.79 Å². The maximum absolute atomic E-state index is 13.0. The van der Waals surface area contributed by atoms with Crippen molar-refractivity contribution in [3.8, 4) is 0 Å². The lowest BCUT2D eigenvalue weighted by molar-refractivity contribution is -0.140. The van der Waals surface area contributed by atoms with Crippen LogP contribution in [0.15, 0.2) is 30.3 Å². The molecule has 2 rings (SSSR count). The first-order valence-corrected chi connectivity index (χ1v) is 7.64. The molecule has 0 aliphatic heterocycles. The van der Waals surface area contributed by atoms with E-state index in [1.54, 1.807) is 0 Å². The van der Waals surface area contributed by atoms with Gasteiger partial charge in [-0.05, 0) is 51.6 Å². The van der Waals surface area contributed by atoms with Crippen LogP contribution in [0.4, 0.5) is 0 Å². The third-order valence-electron chi connectivity index (χ3n) is 4.41. The van der Waals surface area contributed by atoms with Gasteiger partial charge in [0, 0.05) is 12.6 Å². The summed E-state index contributed by atoms with van der Waals surface area (Å²) in [4.78, 5) is 15.1. The first kappa shape index (κ1) is 15.0. The first-order valence-electron chi connectivity index (χ1n) is 7.64. The van der Waals surface area contributed by atoms with Crippen LogP contribution in [-0.4, -0.2) is 29.9 Å². The Morgan fingerprint density at radius 2 is 1.95 bits per heavy atom. The van der Waals surface area contributed by atoms with Crippen molar-refractivity contribution in [2.45, 2.75) is 51.0 Å². The van der Waals surface area contributed by atoms with Crippen molar-refractivity contribution in [3.63, 3.8) is 0 Å². The second-order valence-electron chi connectivity index (χ2n) is 6.22. The van der Waals surface area contributed by atoms with Crippen LogP contribution < -0.4 is 5.73 Å². The summed E-state index contributed by atoms with van der Waals surface area (Å²) in [5.74, 6) is 0.238. The highest BCUT2D eigenvalue weighted by Gasteiger charge is 2.38. The number of hydrogen-bond donors (Lipinski definition) is 1. The van der Waals surface area contributed by atoms with E-state index in [1.165, 1.54) is 6.42 Å². The van der Waals surface area contributed by atoms with Gasteiger partial charge in [-0.2, -0.15) is 0 Å². The van der Waals surface area contributed by atoms with Crippen LogP contribution in [0.3, 0.4) is 0 Å². The molecule has 1 fully saturated rings. The Bertz CT molecular complexity index is 438. The van der Waals surface area contributed by atoms with Gasteiger partial charge in [0.1, 0.15) is 0 Å². The maximum Gasteiger partial charge on any atom is 0.232 e. The van der Waals surface area contributed by atoms with Crippen molar-refractivity contribution >= 4 is 5.91 Å². The van der Waals surface area contributed by atoms with Crippen LogP contribution in [-0.2, 0) is 10.2 Å². The van der Waals surface area contributed by atoms with Gasteiger partial charge in [-0.15, -0.1) is 0 Å². The van der Waals surface area contributed by atoms with Crippen LogP contribution in [0.2, 0.25) is 0 Å². The van der Waals surface area contributed by atoms with E-state index < -0.39 is 5.41 Å². The molecule has 1 aliphatic rings. The van der Waals surface area contributed by atoms with Crippen LogP contribution in [0, 0.1) is 0 Å². The van der Waals surface area contributed by atoms with E-state index in [9.17, 15) is 4.79 Å². The third kappa shape index (κ3) is 3.04. The van der Waals surface area contributed by atoms with Crippen molar-refractivity contribution in [3.05, 3.63) is 35.9 Å². The molecule has 3 heteroatoms. The quantitative estimate of drug-likeness (QED) is 0.867. The van der Waals surface area contributed by atoms with Crippen LogP contribution in [0.5, 0.6) is 0 Å². The zero-order valence-corrected chi connectivity index (χ0v) is 12.6. The van der Waals surface area contributed by atoms with Gasteiger partial charge >= 0.3 is 0 Å². The highest BCUT2D eigenvalue weighted by atomic mass is 16.2. The zero-order chi connectivity index (χ0) is 14.6. The Balaban J connectivity index is 2.17. The molecule has 0 unspecified atom stereocenters. The minimum Gasteiger partial charge on any atom is -0.339 e. The smallest absolute Gasteiger partial charge is 0.232 e. The van der Waals surface area contributed by atoms with Crippen molar-refractivity contribution in [1.82, 2.24) is 4.90 Å². The molecule has 0 heterocycles. The summed E-state index contributed by atoms with van der Waals surface area (Å²) in [6.07, 6.45) is 4.40. The molecule has 1 aromatic rings. The number of nitrogens with two attached hydrogens (primary N) is 1. The van der Waals surface area contributed by atoms with E-state index >= 15 is 0 Å². The molecule has 0 bridgehead atoms. The van der Waals surface area contributed by atoms with E-state index in [4.69, 9.17) is 5.73 Å². The molecule has 3 nitrogen and oxygen atoms in total. The molecule has 0 atom stereocenters. The lowest BCUT2D eigenvalue weighted by Gasteiger charge is -2.41. The van der Waals surface area contributed by atoms with Gasteiger partial charge in [0.05, 0.1) is 5.41 Å². The Morgan fingerprint density at radius 1 is 1.30 bits per heavy atom. The second-order valence-corrected chi connectivity index (χ2v) is 6.22. The molecule has 2 N–H and O–H groups in total. The van der Waals surface area contributed by atoms with Gasteiger partial charge in [0.15, 0.2) is 0 Å². The van der Waals surface area contributed by atoms with E-state index in [1.807, 2.05) is 44.2 Å². The van der Waals surface area contributed by atoms with E-state index in [0.717, 1.165) is 31.4 Å². The number of nitrogens with zero attached hydrogens (tertiary/aromatic N) is 1. The minimum atomic E-state index is -0.467. The van der Waals surface area contributed by atoms with Crippen LogP contribution >= 0.6 is 0 Å². The summed E-state index contributed by atoms with van der Waals surface area (Å²) in [5, 5.41) is 0.